The zero-order chi connectivity index (χ0) is 18.4. The molecule has 2 rings (SSSR count). The lowest BCUT2D eigenvalue weighted by Crippen LogP contribution is -2.34. The van der Waals surface area contributed by atoms with E-state index in [1.165, 1.54) is 0 Å². The molecule has 0 fully saturated rings. The van der Waals surface area contributed by atoms with Crippen molar-refractivity contribution in [2.75, 3.05) is 0 Å². The van der Waals surface area contributed by atoms with Crippen LogP contribution in [-0.4, -0.2) is 12.0 Å². The van der Waals surface area contributed by atoms with E-state index < -0.39 is 18.0 Å². The predicted octanol–water partition coefficient (Wildman–Crippen LogP) is 4.49. The van der Waals surface area contributed by atoms with Crippen molar-refractivity contribution in [2.45, 2.75) is 19.1 Å². The Bertz CT molecular complexity index is 766. The van der Waals surface area contributed by atoms with Gasteiger partial charge >= 0.3 is 12.0 Å². The molecule has 0 aliphatic carbocycles. The van der Waals surface area contributed by atoms with Crippen LogP contribution in [0.2, 0.25) is 15.1 Å². The molecule has 0 spiro atoms. The van der Waals surface area contributed by atoms with E-state index in [2.05, 4.69) is 5.32 Å². The van der Waals surface area contributed by atoms with Crippen molar-refractivity contribution in [1.82, 2.24) is 5.32 Å². The summed E-state index contributed by atoms with van der Waals surface area (Å²) in [5, 5.41) is 3.96. The van der Waals surface area contributed by atoms with Gasteiger partial charge in [0.05, 0.1) is 12.5 Å². The highest BCUT2D eigenvalue weighted by Gasteiger charge is 2.19. The molecule has 1 atom stereocenters. The van der Waals surface area contributed by atoms with Crippen LogP contribution >= 0.6 is 34.8 Å². The second kappa shape index (κ2) is 8.94. The Morgan fingerprint density at radius 3 is 2.28 bits per heavy atom. The van der Waals surface area contributed by atoms with Gasteiger partial charge in [0.25, 0.3) is 0 Å². The minimum Gasteiger partial charge on any atom is -0.461 e. The first kappa shape index (κ1) is 19.4. The fourth-order valence-electron chi connectivity index (χ4n) is 2.14. The summed E-state index contributed by atoms with van der Waals surface area (Å²) in [4.78, 5) is 23.3. The van der Waals surface area contributed by atoms with Gasteiger partial charge in [0.1, 0.15) is 6.61 Å². The monoisotopic (exact) mass is 400 g/mol. The normalized spacial score (nSPS) is 11.6. The van der Waals surface area contributed by atoms with E-state index in [1.807, 2.05) is 0 Å². The van der Waals surface area contributed by atoms with Crippen LogP contribution in [-0.2, 0) is 16.1 Å². The summed E-state index contributed by atoms with van der Waals surface area (Å²) in [6.45, 7) is -0.00125. The van der Waals surface area contributed by atoms with Gasteiger partial charge in [0, 0.05) is 20.6 Å². The topological polar surface area (TPSA) is 81.4 Å². The first-order valence-electron chi connectivity index (χ1n) is 7.26. The third-order valence-electron chi connectivity index (χ3n) is 3.36. The highest BCUT2D eigenvalue weighted by atomic mass is 35.5. The Hall–Kier alpha value is -1.95. The van der Waals surface area contributed by atoms with E-state index in [0.717, 1.165) is 0 Å². The third-order valence-corrected chi connectivity index (χ3v) is 4.20. The van der Waals surface area contributed by atoms with Crippen LogP contribution in [0.25, 0.3) is 0 Å². The average molecular weight is 402 g/mol. The molecule has 0 radical (unpaired) electrons. The maximum absolute atomic E-state index is 12.1. The molecule has 0 aliphatic heterocycles. The van der Waals surface area contributed by atoms with Crippen molar-refractivity contribution in [3.63, 3.8) is 0 Å². The number of nitrogens with two attached hydrogens (primary N) is 1. The van der Waals surface area contributed by atoms with Crippen molar-refractivity contribution in [1.29, 1.82) is 0 Å². The largest absolute Gasteiger partial charge is 0.461 e. The summed E-state index contributed by atoms with van der Waals surface area (Å²) < 4.78 is 5.22. The van der Waals surface area contributed by atoms with Gasteiger partial charge in [0.2, 0.25) is 0 Å². The van der Waals surface area contributed by atoms with Crippen molar-refractivity contribution >= 4 is 46.8 Å². The van der Waals surface area contributed by atoms with Gasteiger partial charge in [-0.3, -0.25) is 4.79 Å². The Labute approximate surface area is 160 Å². The Morgan fingerprint density at radius 2 is 1.68 bits per heavy atom. The fourth-order valence-corrected chi connectivity index (χ4v) is 2.73. The number of benzene rings is 2. The molecule has 132 valence electrons. The molecule has 0 aliphatic rings. The van der Waals surface area contributed by atoms with Crippen LogP contribution in [0.15, 0.2) is 42.5 Å². The minimum absolute atomic E-state index is 0.00125. The average Bonchev–Trinajstić information content (AvgIpc) is 2.53. The molecule has 3 N–H and O–H groups in total. The number of ether oxygens (including phenoxy) is 1. The predicted molar refractivity (Wildman–Crippen MR) is 97.8 cm³/mol. The van der Waals surface area contributed by atoms with Gasteiger partial charge in [-0.1, -0.05) is 53.0 Å². The molecule has 0 bridgehead atoms. The fraction of sp³-hybridized carbons (Fsp3) is 0.176. The highest BCUT2D eigenvalue weighted by molar-refractivity contribution is 6.35. The first-order valence-corrected chi connectivity index (χ1v) is 8.39. The molecule has 0 saturated heterocycles. The van der Waals surface area contributed by atoms with E-state index in [9.17, 15) is 9.59 Å². The molecule has 25 heavy (non-hydrogen) atoms. The van der Waals surface area contributed by atoms with E-state index in [1.54, 1.807) is 42.5 Å². The number of hydrogen-bond donors (Lipinski definition) is 2. The molecule has 2 amide bonds. The van der Waals surface area contributed by atoms with Crippen LogP contribution in [0.4, 0.5) is 4.79 Å². The van der Waals surface area contributed by atoms with Gasteiger partial charge in [-0.25, -0.2) is 4.79 Å². The highest BCUT2D eigenvalue weighted by Crippen LogP contribution is 2.23. The van der Waals surface area contributed by atoms with Crippen LogP contribution in [0.3, 0.4) is 0 Å². The van der Waals surface area contributed by atoms with Crippen molar-refractivity contribution < 1.29 is 14.3 Å². The van der Waals surface area contributed by atoms with Crippen LogP contribution < -0.4 is 11.1 Å². The Balaban J connectivity index is 2.01. The van der Waals surface area contributed by atoms with Gasteiger partial charge in [-0.15, -0.1) is 0 Å². The zero-order valence-electron chi connectivity index (χ0n) is 13.0. The summed E-state index contributed by atoms with van der Waals surface area (Å²) in [5.41, 5.74) is 6.49. The lowest BCUT2D eigenvalue weighted by molar-refractivity contribution is -0.145. The summed E-state index contributed by atoms with van der Waals surface area (Å²) in [7, 11) is 0. The lowest BCUT2D eigenvalue weighted by Gasteiger charge is -2.17. The zero-order valence-corrected chi connectivity index (χ0v) is 15.2. The molecular formula is C17H15Cl3N2O3. The SMILES string of the molecule is NC(=O)N[C@@H](CC(=O)OCc1ccc(Cl)cc1Cl)c1ccc(Cl)cc1. The number of carbonyl (C=O) groups is 2. The number of halogens is 3. The van der Waals surface area contributed by atoms with Gasteiger partial charge < -0.3 is 15.8 Å². The van der Waals surface area contributed by atoms with Crippen molar-refractivity contribution in [3.8, 4) is 0 Å². The maximum Gasteiger partial charge on any atom is 0.312 e. The molecule has 0 heterocycles. The molecular weight excluding hydrogens is 387 g/mol. The molecule has 0 saturated carbocycles. The van der Waals surface area contributed by atoms with Gasteiger partial charge in [0.15, 0.2) is 0 Å². The van der Waals surface area contributed by atoms with E-state index >= 15 is 0 Å². The van der Waals surface area contributed by atoms with E-state index in [0.29, 0.717) is 26.2 Å². The van der Waals surface area contributed by atoms with Crippen molar-refractivity contribution in [2.24, 2.45) is 5.73 Å². The van der Waals surface area contributed by atoms with Gasteiger partial charge in [-0.2, -0.15) is 0 Å². The third kappa shape index (κ3) is 6.12. The smallest absolute Gasteiger partial charge is 0.312 e. The molecule has 2 aromatic rings. The van der Waals surface area contributed by atoms with E-state index in [-0.39, 0.29) is 13.0 Å². The Kier molecular flexibility index (Phi) is 6.93. The number of rotatable bonds is 6. The maximum atomic E-state index is 12.1. The van der Waals surface area contributed by atoms with Crippen molar-refractivity contribution in [3.05, 3.63) is 68.7 Å². The number of carbonyl (C=O) groups excluding carboxylic acids is 2. The number of hydrogen-bond acceptors (Lipinski definition) is 3. The van der Waals surface area contributed by atoms with Crippen LogP contribution in [0.1, 0.15) is 23.6 Å². The standard InChI is InChI=1S/C17H15Cl3N2O3/c18-12-4-1-10(2-5-12)15(22-17(21)24)8-16(23)25-9-11-3-6-13(19)7-14(11)20/h1-7,15H,8-9H2,(H3,21,22,24)/t15-/m0/s1. The molecule has 8 heteroatoms. The Morgan fingerprint density at radius 1 is 1.04 bits per heavy atom. The summed E-state index contributed by atoms with van der Waals surface area (Å²) in [6, 6.07) is 10.3. The summed E-state index contributed by atoms with van der Waals surface area (Å²) in [6.07, 6.45) is -0.0875. The first-order chi connectivity index (χ1) is 11.8. The van der Waals surface area contributed by atoms with Crippen LogP contribution in [0, 0.1) is 0 Å². The minimum atomic E-state index is -0.742. The lowest BCUT2D eigenvalue weighted by atomic mass is 10.0. The second-order valence-corrected chi connectivity index (χ2v) is 6.49. The number of nitrogens with one attached hydrogen (secondary N) is 1. The van der Waals surface area contributed by atoms with Gasteiger partial charge in [-0.05, 0) is 29.8 Å². The summed E-state index contributed by atoms with van der Waals surface area (Å²) >= 11 is 17.7. The number of esters is 1. The number of primary amides is 1. The number of amides is 2. The summed E-state index contributed by atoms with van der Waals surface area (Å²) in [5.74, 6) is -0.514. The number of urea groups is 1. The molecule has 0 aromatic heterocycles. The molecule has 0 unspecified atom stereocenters. The molecule has 2 aromatic carbocycles. The molecule has 5 nitrogen and oxygen atoms in total. The van der Waals surface area contributed by atoms with Crippen LogP contribution in [0.5, 0.6) is 0 Å². The quantitative estimate of drug-likeness (QED) is 0.700. The second-order valence-electron chi connectivity index (χ2n) is 5.21. The van der Waals surface area contributed by atoms with E-state index in [4.69, 9.17) is 45.3 Å².